The summed E-state index contributed by atoms with van der Waals surface area (Å²) in [6.45, 7) is 5.21. The van der Waals surface area contributed by atoms with Crippen LogP contribution in [-0.2, 0) is 9.53 Å². The summed E-state index contributed by atoms with van der Waals surface area (Å²) in [4.78, 5) is 23.5. The number of hydrogen-bond donors (Lipinski definition) is 1. The van der Waals surface area contributed by atoms with Gasteiger partial charge in [-0.1, -0.05) is 19.3 Å². The molecule has 5 nitrogen and oxygen atoms in total. The number of ether oxygens (including phenoxy) is 1. The first kappa shape index (κ1) is 14.0. The van der Waals surface area contributed by atoms with Crippen LogP contribution >= 0.6 is 0 Å². The van der Waals surface area contributed by atoms with Crippen LogP contribution in [0.25, 0.3) is 0 Å². The van der Waals surface area contributed by atoms with E-state index < -0.39 is 17.8 Å². The second-order valence-corrected chi connectivity index (χ2v) is 5.40. The lowest BCUT2D eigenvalue weighted by molar-refractivity contribution is -0.127. The van der Waals surface area contributed by atoms with Crippen LogP contribution in [0, 0.1) is 0 Å². The number of rotatable bonds is 0. The van der Waals surface area contributed by atoms with E-state index in [1.807, 2.05) is 0 Å². The zero-order valence-electron chi connectivity index (χ0n) is 10.7. The van der Waals surface area contributed by atoms with Gasteiger partial charge in [0.2, 0.25) is 5.91 Å². The molecule has 1 N–H and O–H groups in total. The Bertz CT molecular complexity index is 291. The van der Waals surface area contributed by atoms with Crippen LogP contribution in [0.15, 0.2) is 0 Å². The third-order valence-electron chi connectivity index (χ3n) is 2.07. The number of carbonyl (C=O) groups is 2. The van der Waals surface area contributed by atoms with Crippen molar-refractivity contribution in [2.24, 2.45) is 0 Å². The van der Waals surface area contributed by atoms with E-state index in [0.29, 0.717) is 0 Å². The fraction of sp³-hybridized carbons (Fsp3) is 0.833. The second-order valence-electron chi connectivity index (χ2n) is 5.40. The fourth-order valence-corrected chi connectivity index (χ4v) is 1.18. The van der Waals surface area contributed by atoms with Crippen LogP contribution in [-0.4, -0.2) is 40.3 Å². The molecule has 0 aromatic heterocycles. The molecule has 1 atom stereocenters. The van der Waals surface area contributed by atoms with E-state index in [2.05, 4.69) is 0 Å². The van der Waals surface area contributed by atoms with Gasteiger partial charge in [0.15, 0.2) is 0 Å². The van der Waals surface area contributed by atoms with E-state index >= 15 is 0 Å². The lowest BCUT2D eigenvalue weighted by Gasteiger charge is -2.23. The van der Waals surface area contributed by atoms with Crippen molar-refractivity contribution < 1.29 is 19.4 Å². The molecule has 0 radical (unpaired) electrons. The first-order chi connectivity index (χ1) is 7.79. The van der Waals surface area contributed by atoms with Crippen molar-refractivity contribution in [1.29, 1.82) is 0 Å². The smallest absolute Gasteiger partial charge is 0.417 e. The van der Waals surface area contributed by atoms with Crippen LogP contribution in [0.1, 0.15) is 46.5 Å². The summed E-state index contributed by atoms with van der Waals surface area (Å²) < 4.78 is 5.00. The van der Waals surface area contributed by atoms with E-state index in [1.54, 1.807) is 20.8 Å². The Labute approximate surface area is 102 Å². The molecule has 1 saturated carbocycles. The molecule has 0 aromatic carbocycles. The van der Waals surface area contributed by atoms with E-state index in [-0.39, 0.29) is 18.9 Å². The molecule has 2 amide bonds. The topological polar surface area (TPSA) is 66.8 Å². The van der Waals surface area contributed by atoms with Gasteiger partial charge >= 0.3 is 6.09 Å². The van der Waals surface area contributed by atoms with Crippen molar-refractivity contribution in [3.8, 4) is 0 Å². The summed E-state index contributed by atoms with van der Waals surface area (Å²) in [5.41, 5.74) is -0.620. The average molecular weight is 243 g/mol. The number of carbonyl (C=O) groups excluding carboxylic acids is 2. The highest BCUT2D eigenvalue weighted by atomic mass is 16.6. The zero-order valence-corrected chi connectivity index (χ0v) is 10.7. The first-order valence-corrected chi connectivity index (χ1v) is 6.01. The number of likely N-dealkylation sites (tertiary alicyclic amines) is 1. The van der Waals surface area contributed by atoms with E-state index in [4.69, 9.17) is 9.84 Å². The molecule has 1 aliphatic carbocycles. The fourth-order valence-electron chi connectivity index (χ4n) is 1.18. The number of β-amino-alcohol motifs (C(OH)–C–C–N with tert-alkyl or cyclic N) is 1. The van der Waals surface area contributed by atoms with Gasteiger partial charge in [0.05, 0.1) is 19.1 Å². The van der Waals surface area contributed by atoms with Gasteiger partial charge in [-0.3, -0.25) is 4.79 Å². The molecule has 0 bridgehead atoms. The summed E-state index contributed by atoms with van der Waals surface area (Å²) >= 11 is 0. The number of hydrogen-bond acceptors (Lipinski definition) is 4. The van der Waals surface area contributed by atoms with Crippen LogP contribution < -0.4 is 0 Å². The minimum Gasteiger partial charge on any atom is -0.443 e. The summed E-state index contributed by atoms with van der Waals surface area (Å²) in [7, 11) is 0. The zero-order chi connectivity index (χ0) is 13.1. The Morgan fingerprint density at radius 1 is 1.35 bits per heavy atom. The predicted octanol–water partition coefficient (Wildman–Crippen LogP) is 1.68. The van der Waals surface area contributed by atoms with Crippen molar-refractivity contribution in [3.05, 3.63) is 0 Å². The highest BCUT2D eigenvalue weighted by Gasteiger charge is 2.35. The van der Waals surface area contributed by atoms with Crippen molar-refractivity contribution in [3.63, 3.8) is 0 Å². The van der Waals surface area contributed by atoms with E-state index in [1.165, 1.54) is 19.3 Å². The van der Waals surface area contributed by atoms with E-state index in [9.17, 15) is 9.59 Å². The van der Waals surface area contributed by atoms with Gasteiger partial charge in [-0.2, -0.15) is 0 Å². The minimum atomic E-state index is -0.755. The van der Waals surface area contributed by atoms with Crippen molar-refractivity contribution in [2.75, 3.05) is 6.54 Å². The molecule has 0 spiro atoms. The highest BCUT2D eigenvalue weighted by Crippen LogP contribution is 2.16. The normalized spacial score (nSPS) is 22.9. The van der Waals surface area contributed by atoms with Gasteiger partial charge < -0.3 is 9.84 Å². The van der Waals surface area contributed by atoms with Gasteiger partial charge in [-0.15, -0.1) is 0 Å². The van der Waals surface area contributed by atoms with Crippen molar-refractivity contribution >= 4 is 12.0 Å². The quantitative estimate of drug-likeness (QED) is 0.703. The van der Waals surface area contributed by atoms with Gasteiger partial charge in [0, 0.05) is 0 Å². The largest absolute Gasteiger partial charge is 0.443 e. The van der Waals surface area contributed by atoms with Gasteiger partial charge in [0.25, 0.3) is 0 Å². The summed E-state index contributed by atoms with van der Waals surface area (Å²) in [5, 5.41) is 9.15. The third kappa shape index (κ3) is 5.68. The van der Waals surface area contributed by atoms with Gasteiger partial charge in [-0.05, 0) is 20.8 Å². The Kier molecular flexibility index (Phi) is 4.51. The SMILES string of the molecule is C1CC1.CC(C)(C)OC(=O)N1CC(O)CC1=O. The first-order valence-electron chi connectivity index (χ1n) is 6.01. The molecule has 2 aliphatic rings. The monoisotopic (exact) mass is 243 g/mol. The van der Waals surface area contributed by atoms with Crippen molar-refractivity contribution in [1.82, 2.24) is 4.90 Å². The molecule has 0 aromatic rings. The molecule has 1 aliphatic heterocycles. The molecule has 17 heavy (non-hydrogen) atoms. The Morgan fingerprint density at radius 2 is 1.88 bits per heavy atom. The maximum absolute atomic E-state index is 11.4. The lowest BCUT2D eigenvalue weighted by Crippen LogP contribution is -2.38. The number of nitrogens with zero attached hydrogens (tertiary/aromatic N) is 1. The lowest BCUT2D eigenvalue weighted by atomic mass is 10.2. The second kappa shape index (κ2) is 5.49. The molecule has 1 heterocycles. The molecular formula is C12H21NO4. The molecular weight excluding hydrogens is 222 g/mol. The molecule has 5 heteroatoms. The van der Waals surface area contributed by atoms with Crippen LogP contribution in [0.4, 0.5) is 4.79 Å². The Balaban J connectivity index is 0.000000415. The summed E-state index contributed by atoms with van der Waals surface area (Å²) in [6, 6.07) is 0. The van der Waals surface area contributed by atoms with Gasteiger partial charge in [0.1, 0.15) is 5.60 Å². The standard InChI is InChI=1S/C9H15NO4.C3H6/c1-9(2,3)14-8(13)10-5-6(11)4-7(10)12;1-2-3-1/h6,11H,4-5H2,1-3H3;1-3H2. The summed E-state index contributed by atoms with van der Waals surface area (Å²) in [6.07, 6.45) is 3.06. The number of aliphatic hydroxyl groups is 1. The maximum Gasteiger partial charge on any atom is 0.417 e. The van der Waals surface area contributed by atoms with Crippen molar-refractivity contribution in [2.45, 2.75) is 58.2 Å². The van der Waals surface area contributed by atoms with Gasteiger partial charge in [-0.25, -0.2) is 9.69 Å². The molecule has 2 fully saturated rings. The van der Waals surface area contributed by atoms with Crippen LogP contribution in [0.3, 0.4) is 0 Å². The predicted molar refractivity (Wildman–Crippen MR) is 62.4 cm³/mol. The molecule has 98 valence electrons. The molecule has 2 rings (SSSR count). The Morgan fingerprint density at radius 3 is 2.18 bits per heavy atom. The third-order valence-corrected chi connectivity index (χ3v) is 2.07. The maximum atomic E-state index is 11.4. The molecule has 1 saturated heterocycles. The average Bonchev–Trinajstić information content (AvgIpc) is 2.94. The molecule has 1 unspecified atom stereocenters. The van der Waals surface area contributed by atoms with E-state index in [0.717, 1.165) is 4.90 Å². The number of imide groups is 1. The minimum absolute atomic E-state index is 0.000751. The summed E-state index contributed by atoms with van der Waals surface area (Å²) in [5.74, 6) is -0.383. The number of aliphatic hydroxyl groups excluding tert-OH is 1. The van der Waals surface area contributed by atoms with Crippen LogP contribution in [0.2, 0.25) is 0 Å². The number of amides is 2. The highest BCUT2D eigenvalue weighted by molar-refractivity contribution is 5.94. The van der Waals surface area contributed by atoms with Crippen LogP contribution in [0.5, 0.6) is 0 Å². The Hall–Kier alpha value is -1.10.